The van der Waals surface area contributed by atoms with Crippen molar-refractivity contribution in [2.24, 2.45) is 0 Å². The summed E-state index contributed by atoms with van der Waals surface area (Å²) in [6, 6.07) is 16.3. The Kier molecular flexibility index (Phi) is 6.14. The highest BCUT2D eigenvalue weighted by molar-refractivity contribution is 7.90. The highest BCUT2D eigenvalue weighted by Crippen LogP contribution is 2.25. The van der Waals surface area contributed by atoms with Crippen LogP contribution in [0.25, 0.3) is 0 Å². The van der Waals surface area contributed by atoms with Crippen LogP contribution in [0.4, 0.5) is 5.69 Å². The van der Waals surface area contributed by atoms with Crippen LogP contribution >= 0.6 is 0 Å². The monoisotopic (exact) mass is 452 g/mol. The second-order valence-electron chi connectivity index (χ2n) is 7.79. The Bertz CT molecular complexity index is 1240. The van der Waals surface area contributed by atoms with Crippen molar-refractivity contribution in [3.63, 3.8) is 0 Å². The van der Waals surface area contributed by atoms with Crippen LogP contribution in [-0.4, -0.2) is 38.2 Å². The molecule has 0 unspecified atom stereocenters. The van der Waals surface area contributed by atoms with Gasteiger partial charge in [0.2, 0.25) is 0 Å². The number of likely N-dealkylation sites (tertiary alicyclic amines) is 1. The first-order chi connectivity index (χ1) is 15.3. The third kappa shape index (κ3) is 4.60. The van der Waals surface area contributed by atoms with Crippen molar-refractivity contribution in [3.05, 3.63) is 83.3 Å². The van der Waals surface area contributed by atoms with E-state index in [1.54, 1.807) is 35.2 Å². The Balaban J connectivity index is 1.52. The van der Waals surface area contributed by atoms with Gasteiger partial charge >= 0.3 is 0 Å². The lowest BCUT2D eigenvalue weighted by molar-refractivity contribution is 0.0793. The summed E-state index contributed by atoms with van der Waals surface area (Å²) in [5.41, 5.74) is 1.64. The number of hydrogen-bond acceptors (Lipinski definition) is 5. The maximum absolute atomic E-state index is 13.0. The smallest absolute Gasteiger partial charge is 0.291 e. The first kappa shape index (κ1) is 21.8. The molecule has 2 heterocycles. The van der Waals surface area contributed by atoms with Gasteiger partial charge in [-0.15, -0.1) is 0 Å². The Labute approximate surface area is 187 Å². The first-order valence-corrected chi connectivity index (χ1v) is 12.1. The molecule has 0 spiro atoms. The molecule has 0 bridgehead atoms. The predicted octanol–water partition coefficient (Wildman–Crippen LogP) is 4.05. The number of nitrogens with one attached hydrogen (secondary N) is 1. The number of furan rings is 1. The second-order valence-corrected chi connectivity index (χ2v) is 9.78. The van der Waals surface area contributed by atoms with Crippen molar-refractivity contribution in [2.45, 2.75) is 30.4 Å². The van der Waals surface area contributed by atoms with Crippen molar-refractivity contribution in [2.75, 3.05) is 18.4 Å². The highest BCUT2D eigenvalue weighted by atomic mass is 32.2. The summed E-state index contributed by atoms with van der Waals surface area (Å²) in [6.07, 6.45) is 1.95. The summed E-state index contributed by atoms with van der Waals surface area (Å²) in [6.45, 7) is 3.24. The van der Waals surface area contributed by atoms with Crippen LogP contribution < -0.4 is 5.32 Å². The lowest BCUT2D eigenvalue weighted by Crippen LogP contribution is -2.29. The fourth-order valence-corrected chi connectivity index (χ4v) is 5.06. The molecule has 0 aliphatic carbocycles. The first-order valence-electron chi connectivity index (χ1n) is 10.4. The lowest BCUT2D eigenvalue weighted by Gasteiger charge is -2.19. The van der Waals surface area contributed by atoms with Gasteiger partial charge in [0.15, 0.2) is 15.6 Å². The summed E-state index contributed by atoms with van der Waals surface area (Å²) in [4.78, 5) is 27.8. The van der Waals surface area contributed by atoms with Crippen molar-refractivity contribution in [1.29, 1.82) is 0 Å². The molecule has 1 aliphatic rings. The van der Waals surface area contributed by atoms with E-state index in [4.69, 9.17) is 4.42 Å². The highest BCUT2D eigenvalue weighted by Gasteiger charge is 2.25. The van der Waals surface area contributed by atoms with Gasteiger partial charge in [0, 0.05) is 13.1 Å². The summed E-state index contributed by atoms with van der Waals surface area (Å²) in [7, 11) is -3.59. The number of hydrogen-bond donors (Lipinski definition) is 1. The molecule has 3 aromatic rings. The van der Waals surface area contributed by atoms with Crippen molar-refractivity contribution >= 4 is 27.3 Å². The fourth-order valence-electron chi connectivity index (χ4n) is 3.79. The Morgan fingerprint density at radius 3 is 2.41 bits per heavy atom. The average Bonchev–Trinajstić information content (AvgIpc) is 3.46. The van der Waals surface area contributed by atoms with Crippen molar-refractivity contribution in [3.8, 4) is 0 Å². The van der Waals surface area contributed by atoms with Gasteiger partial charge in [-0.25, -0.2) is 8.42 Å². The molecular formula is C24H24N2O5S. The molecule has 8 heteroatoms. The van der Waals surface area contributed by atoms with Gasteiger partial charge in [-0.1, -0.05) is 30.3 Å². The van der Waals surface area contributed by atoms with Gasteiger partial charge in [-0.05, 0) is 55.7 Å². The number of aryl methyl sites for hydroxylation is 1. The van der Waals surface area contributed by atoms with Crippen LogP contribution in [0.2, 0.25) is 0 Å². The van der Waals surface area contributed by atoms with Gasteiger partial charge < -0.3 is 14.6 Å². The Morgan fingerprint density at radius 2 is 1.69 bits per heavy atom. The van der Waals surface area contributed by atoms with Crippen LogP contribution in [0, 0.1) is 6.92 Å². The summed E-state index contributed by atoms with van der Waals surface area (Å²) in [5, 5.41) is 2.75. The zero-order valence-electron chi connectivity index (χ0n) is 17.7. The van der Waals surface area contributed by atoms with E-state index in [0.717, 1.165) is 18.4 Å². The van der Waals surface area contributed by atoms with Gasteiger partial charge in [-0.2, -0.15) is 0 Å². The molecule has 1 fully saturated rings. The molecule has 32 heavy (non-hydrogen) atoms. The molecule has 1 N–H and O–H groups in total. The molecule has 7 nitrogen and oxygen atoms in total. The van der Waals surface area contributed by atoms with E-state index < -0.39 is 15.7 Å². The Morgan fingerprint density at radius 1 is 0.969 bits per heavy atom. The van der Waals surface area contributed by atoms with Gasteiger partial charge in [0.1, 0.15) is 11.5 Å². The van der Waals surface area contributed by atoms with E-state index in [2.05, 4.69) is 5.32 Å². The zero-order chi connectivity index (χ0) is 22.7. The SMILES string of the molecule is Cc1cccc(NC(=O)c2ccc(CS(=O)(=O)c3ccccc3)o2)c1C(=O)N1CCCC1. The van der Waals surface area contributed by atoms with Crippen LogP contribution in [0.3, 0.4) is 0 Å². The minimum absolute atomic E-state index is 0.0238. The number of amides is 2. The summed E-state index contributed by atoms with van der Waals surface area (Å²) in [5.74, 6) is -0.867. The lowest BCUT2D eigenvalue weighted by atomic mass is 10.0. The maximum atomic E-state index is 13.0. The summed E-state index contributed by atoms with van der Waals surface area (Å²) < 4.78 is 30.6. The average molecular weight is 453 g/mol. The van der Waals surface area contributed by atoms with E-state index in [9.17, 15) is 18.0 Å². The van der Waals surface area contributed by atoms with Gasteiger partial charge in [-0.3, -0.25) is 9.59 Å². The molecular weight excluding hydrogens is 428 g/mol. The third-order valence-electron chi connectivity index (χ3n) is 5.45. The number of nitrogens with zero attached hydrogens (tertiary/aromatic N) is 1. The molecule has 2 aromatic carbocycles. The van der Waals surface area contributed by atoms with Crippen LogP contribution in [0.15, 0.2) is 70.0 Å². The van der Waals surface area contributed by atoms with Gasteiger partial charge in [0.25, 0.3) is 11.8 Å². The molecule has 166 valence electrons. The number of rotatable bonds is 6. The van der Waals surface area contributed by atoms with E-state index >= 15 is 0 Å². The van der Waals surface area contributed by atoms with Crippen LogP contribution in [-0.2, 0) is 15.6 Å². The molecule has 0 radical (unpaired) electrons. The van der Waals surface area contributed by atoms with E-state index in [-0.39, 0.29) is 28.1 Å². The molecule has 0 atom stereocenters. The number of benzene rings is 2. The standard InChI is InChI=1S/C24H24N2O5S/c1-17-8-7-11-20(22(17)24(28)26-14-5-6-15-26)25-23(27)21-13-12-18(31-21)16-32(29,30)19-9-3-2-4-10-19/h2-4,7-13H,5-6,14-16H2,1H3,(H,25,27). The molecule has 0 saturated carbocycles. The predicted molar refractivity (Wildman–Crippen MR) is 120 cm³/mol. The normalized spacial score (nSPS) is 13.8. The quantitative estimate of drug-likeness (QED) is 0.609. The number of carbonyl (C=O) groups is 2. The zero-order valence-corrected chi connectivity index (χ0v) is 18.5. The minimum atomic E-state index is -3.59. The topological polar surface area (TPSA) is 96.7 Å². The molecule has 1 aliphatic heterocycles. The largest absolute Gasteiger partial charge is 0.455 e. The minimum Gasteiger partial charge on any atom is -0.455 e. The maximum Gasteiger partial charge on any atom is 0.291 e. The number of sulfone groups is 1. The van der Waals surface area contributed by atoms with Crippen LogP contribution in [0.1, 0.15) is 45.1 Å². The fraction of sp³-hybridized carbons (Fsp3) is 0.250. The molecule has 2 amide bonds. The second kappa shape index (κ2) is 9.00. The third-order valence-corrected chi connectivity index (χ3v) is 7.10. The van der Waals surface area contributed by atoms with Gasteiger partial charge in [0.05, 0.1) is 16.1 Å². The molecule has 4 rings (SSSR count). The van der Waals surface area contributed by atoms with E-state index in [1.165, 1.54) is 24.3 Å². The number of anilines is 1. The Hall–Kier alpha value is -3.39. The molecule has 1 saturated heterocycles. The van der Waals surface area contributed by atoms with E-state index in [1.807, 2.05) is 13.0 Å². The molecule has 1 aromatic heterocycles. The number of carbonyl (C=O) groups excluding carboxylic acids is 2. The summed E-state index contributed by atoms with van der Waals surface area (Å²) >= 11 is 0. The van der Waals surface area contributed by atoms with Crippen molar-refractivity contribution < 1.29 is 22.4 Å². The van der Waals surface area contributed by atoms with Crippen LogP contribution in [0.5, 0.6) is 0 Å². The van der Waals surface area contributed by atoms with Crippen molar-refractivity contribution in [1.82, 2.24) is 4.90 Å². The van der Waals surface area contributed by atoms with E-state index in [0.29, 0.717) is 24.3 Å².